The Labute approximate surface area is 105 Å². The summed E-state index contributed by atoms with van der Waals surface area (Å²) >= 11 is 0. The van der Waals surface area contributed by atoms with Gasteiger partial charge < -0.3 is 5.73 Å². The number of H-pyrrole nitrogens is 1. The second kappa shape index (κ2) is 4.75. The van der Waals surface area contributed by atoms with Crippen molar-refractivity contribution in [1.82, 2.24) is 15.2 Å². The van der Waals surface area contributed by atoms with Crippen molar-refractivity contribution in [3.63, 3.8) is 0 Å². The molecule has 1 aromatic heterocycles. The summed E-state index contributed by atoms with van der Waals surface area (Å²) in [5.41, 5.74) is 8.64. The molecule has 0 radical (unpaired) electrons. The Morgan fingerprint density at radius 1 is 1.33 bits per heavy atom. The number of benzene rings is 1. The third-order valence-electron chi connectivity index (χ3n) is 2.48. The summed E-state index contributed by atoms with van der Waals surface area (Å²) in [5.74, 6) is 0.636. The van der Waals surface area contributed by atoms with Crippen molar-refractivity contribution in [2.75, 3.05) is 17.2 Å². The second-order valence-corrected chi connectivity index (χ2v) is 4.11. The van der Waals surface area contributed by atoms with Gasteiger partial charge in [0.05, 0.1) is 6.07 Å². The molecule has 3 N–H and O–H groups in total. The van der Waals surface area contributed by atoms with E-state index in [2.05, 4.69) is 27.3 Å². The molecule has 0 aliphatic carbocycles. The number of hydrogen-bond donors (Lipinski definition) is 2. The number of nitrogens with zero attached hydrogens (tertiary/aromatic N) is 4. The fourth-order valence-corrected chi connectivity index (χ4v) is 1.84. The summed E-state index contributed by atoms with van der Waals surface area (Å²) in [5, 5.41) is 15.5. The molecule has 1 aromatic carbocycles. The summed E-state index contributed by atoms with van der Waals surface area (Å²) in [6.45, 7) is 4.18. The van der Waals surface area contributed by atoms with E-state index in [9.17, 15) is 0 Å². The Morgan fingerprint density at radius 3 is 2.50 bits per heavy atom. The van der Waals surface area contributed by atoms with Crippen LogP contribution >= 0.6 is 0 Å². The first kappa shape index (κ1) is 11.9. The van der Waals surface area contributed by atoms with Crippen LogP contribution in [-0.4, -0.2) is 21.7 Å². The number of nitriles is 1. The second-order valence-electron chi connectivity index (χ2n) is 4.11. The number of hydrogen-bond acceptors (Lipinski definition) is 5. The molecule has 0 amide bonds. The van der Waals surface area contributed by atoms with Crippen molar-refractivity contribution in [2.24, 2.45) is 0 Å². The molecule has 0 bridgehead atoms. The number of nitrogen functional groups attached to an aromatic ring is 1. The zero-order valence-electron chi connectivity index (χ0n) is 10.3. The van der Waals surface area contributed by atoms with E-state index in [0.29, 0.717) is 5.95 Å². The van der Waals surface area contributed by atoms with E-state index in [1.165, 1.54) is 0 Å². The molecule has 0 fully saturated rings. The number of rotatable bonds is 3. The highest BCUT2D eigenvalue weighted by Gasteiger charge is 2.14. The number of aromatic nitrogens is 3. The first-order valence-corrected chi connectivity index (χ1v) is 5.51. The van der Waals surface area contributed by atoms with Crippen LogP contribution in [0.5, 0.6) is 0 Å². The summed E-state index contributed by atoms with van der Waals surface area (Å²) in [6.07, 6.45) is 0. The molecule has 2 aromatic rings. The molecule has 0 unspecified atom stereocenters. The molecule has 2 rings (SSSR count). The number of nitrogens with two attached hydrogens (primary N) is 1. The average molecular weight is 242 g/mol. The molecule has 18 heavy (non-hydrogen) atoms. The van der Waals surface area contributed by atoms with Crippen LogP contribution in [0.1, 0.15) is 11.1 Å². The van der Waals surface area contributed by atoms with Gasteiger partial charge >= 0.3 is 0 Å². The highest BCUT2D eigenvalue weighted by molar-refractivity contribution is 5.60. The van der Waals surface area contributed by atoms with Crippen LogP contribution in [0.15, 0.2) is 18.2 Å². The Morgan fingerprint density at radius 2 is 2.00 bits per heavy atom. The molecule has 6 nitrogen and oxygen atoms in total. The van der Waals surface area contributed by atoms with Gasteiger partial charge in [-0.1, -0.05) is 6.07 Å². The minimum Gasteiger partial charge on any atom is -0.368 e. The van der Waals surface area contributed by atoms with Gasteiger partial charge in [0.1, 0.15) is 6.54 Å². The summed E-state index contributed by atoms with van der Waals surface area (Å²) in [4.78, 5) is 5.77. The molecule has 0 aliphatic rings. The third kappa shape index (κ3) is 2.40. The maximum Gasteiger partial charge on any atom is 0.251 e. The van der Waals surface area contributed by atoms with E-state index >= 15 is 0 Å². The first-order chi connectivity index (χ1) is 8.60. The highest BCUT2D eigenvalue weighted by Crippen LogP contribution is 2.24. The molecule has 0 aliphatic heterocycles. The first-order valence-electron chi connectivity index (χ1n) is 5.51. The number of aromatic amines is 1. The summed E-state index contributed by atoms with van der Waals surface area (Å²) in [6, 6.07) is 8.14. The van der Waals surface area contributed by atoms with E-state index < -0.39 is 0 Å². The molecular weight excluding hydrogens is 228 g/mol. The molecular formula is C12H14N6. The Balaban J connectivity index is 2.44. The zero-order chi connectivity index (χ0) is 13.1. The van der Waals surface area contributed by atoms with E-state index in [1.807, 2.05) is 26.0 Å². The molecule has 92 valence electrons. The molecule has 0 spiro atoms. The smallest absolute Gasteiger partial charge is 0.251 e. The van der Waals surface area contributed by atoms with Gasteiger partial charge in [0.15, 0.2) is 0 Å². The molecule has 6 heteroatoms. The number of aryl methyl sites for hydroxylation is 2. The van der Waals surface area contributed by atoms with E-state index in [1.54, 1.807) is 4.90 Å². The Kier molecular flexibility index (Phi) is 3.15. The van der Waals surface area contributed by atoms with Crippen LogP contribution in [0, 0.1) is 25.2 Å². The normalized spacial score (nSPS) is 10.1. The van der Waals surface area contributed by atoms with Gasteiger partial charge in [-0.25, -0.2) is 5.10 Å². The lowest BCUT2D eigenvalue weighted by Gasteiger charge is -2.18. The number of anilines is 3. The Bertz CT molecular complexity index is 575. The van der Waals surface area contributed by atoms with Crippen molar-refractivity contribution in [2.45, 2.75) is 13.8 Å². The van der Waals surface area contributed by atoms with Gasteiger partial charge in [0.2, 0.25) is 5.95 Å². The molecule has 0 atom stereocenters. The van der Waals surface area contributed by atoms with Crippen molar-refractivity contribution < 1.29 is 0 Å². The monoisotopic (exact) mass is 242 g/mol. The quantitative estimate of drug-likeness (QED) is 0.798. The van der Waals surface area contributed by atoms with E-state index in [-0.39, 0.29) is 12.5 Å². The standard InChI is InChI=1S/C12H14N6/c1-8-5-9(2)7-10(6-8)18(4-3-13)12-15-11(14)16-17-12/h5-7H,4H2,1-2H3,(H3,14,15,16,17). The third-order valence-corrected chi connectivity index (χ3v) is 2.48. The van der Waals surface area contributed by atoms with Crippen molar-refractivity contribution in [3.8, 4) is 6.07 Å². The van der Waals surface area contributed by atoms with E-state index in [0.717, 1.165) is 16.8 Å². The maximum absolute atomic E-state index is 8.92. The fourth-order valence-electron chi connectivity index (χ4n) is 1.84. The maximum atomic E-state index is 8.92. The lowest BCUT2D eigenvalue weighted by Crippen LogP contribution is -2.18. The lowest BCUT2D eigenvalue weighted by atomic mass is 10.1. The topological polar surface area (TPSA) is 94.6 Å². The lowest BCUT2D eigenvalue weighted by molar-refractivity contribution is 0.991. The highest BCUT2D eigenvalue weighted by atomic mass is 15.4. The Hall–Kier alpha value is -2.55. The van der Waals surface area contributed by atoms with Crippen LogP contribution in [0.3, 0.4) is 0 Å². The predicted octanol–water partition coefficient (Wildman–Crippen LogP) is 1.67. The van der Waals surface area contributed by atoms with Gasteiger partial charge in [-0.3, -0.25) is 4.90 Å². The molecule has 1 heterocycles. The van der Waals surface area contributed by atoms with Crippen molar-refractivity contribution in [1.29, 1.82) is 5.26 Å². The van der Waals surface area contributed by atoms with Gasteiger partial charge in [0, 0.05) is 5.69 Å². The minimum atomic E-state index is 0.167. The van der Waals surface area contributed by atoms with Crippen molar-refractivity contribution in [3.05, 3.63) is 29.3 Å². The van der Waals surface area contributed by atoms with Crippen LogP contribution in [0.25, 0.3) is 0 Å². The number of nitrogens with one attached hydrogen (secondary N) is 1. The average Bonchev–Trinajstić information content (AvgIpc) is 2.71. The largest absolute Gasteiger partial charge is 0.368 e. The van der Waals surface area contributed by atoms with Crippen LogP contribution in [0.4, 0.5) is 17.6 Å². The van der Waals surface area contributed by atoms with Gasteiger partial charge in [-0.2, -0.15) is 10.2 Å². The molecule has 0 saturated heterocycles. The molecule has 0 saturated carbocycles. The van der Waals surface area contributed by atoms with Crippen molar-refractivity contribution >= 4 is 17.6 Å². The van der Waals surface area contributed by atoms with Crippen LogP contribution in [0.2, 0.25) is 0 Å². The van der Waals surface area contributed by atoms with Gasteiger partial charge in [0.25, 0.3) is 5.95 Å². The SMILES string of the molecule is Cc1cc(C)cc(N(CC#N)c2n[nH]c(N)n2)c1. The summed E-state index contributed by atoms with van der Waals surface area (Å²) < 4.78 is 0. The fraction of sp³-hybridized carbons (Fsp3) is 0.250. The van der Waals surface area contributed by atoms with Crippen LogP contribution in [-0.2, 0) is 0 Å². The van der Waals surface area contributed by atoms with Crippen LogP contribution < -0.4 is 10.6 Å². The summed E-state index contributed by atoms with van der Waals surface area (Å²) in [7, 11) is 0. The van der Waals surface area contributed by atoms with E-state index in [4.69, 9.17) is 11.0 Å². The van der Waals surface area contributed by atoms with Gasteiger partial charge in [-0.15, -0.1) is 5.10 Å². The minimum absolute atomic E-state index is 0.167. The van der Waals surface area contributed by atoms with Gasteiger partial charge in [-0.05, 0) is 37.1 Å². The predicted molar refractivity (Wildman–Crippen MR) is 69.3 cm³/mol. The zero-order valence-corrected chi connectivity index (χ0v) is 10.3.